The van der Waals surface area contributed by atoms with Gasteiger partial charge in [0.2, 0.25) is 5.12 Å². The lowest BCUT2D eigenvalue weighted by Gasteiger charge is -2.20. The Hall–Kier alpha value is -1.86. The maximum absolute atomic E-state index is 13.3. The minimum absolute atomic E-state index is 0.0748. The van der Waals surface area contributed by atoms with Crippen LogP contribution in [-0.4, -0.2) is 58.4 Å². The second kappa shape index (κ2) is 6.33. The highest BCUT2D eigenvalue weighted by atomic mass is 32.2. The molecule has 5 nitrogen and oxygen atoms in total. The first-order valence-corrected chi connectivity index (χ1v) is 8.18. The number of carbonyl (C=O) groups excluding carboxylic acids is 1. The summed E-state index contributed by atoms with van der Waals surface area (Å²) in [5.74, 6) is -0.542. The standard InChI is InChI=1S/C16H18FN3O2S/c1-19(2)12-5-6-20(9-12)16-18-13(15(22)23-16)8-10-7-11(17)3-4-14(10)21/h3-4,7-8,12,21H,5-6,9H2,1-2H3/b13-8+/t12-/m1/s1. The van der Waals surface area contributed by atoms with E-state index in [-0.39, 0.29) is 22.1 Å². The second-order valence-electron chi connectivity index (χ2n) is 5.87. The van der Waals surface area contributed by atoms with Crippen molar-refractivity contribution in [3.8, 4) is 5.75 Å². The third-order valence-electron chi connectivity index (χ3n) is 4.06. The van der Waals surface area contributed by atoms with Crippen molar-refractivity contribution >= 4 is 28.1 Å². The third kappa shape index (κ3) is 3.40. The molecule has 0 spiro atoms. The average molecular weight is 335 g/mol. The zero-order chi connectivity index (χ0) is 16.6. The number of aromatic hydroxyl groups is 1. The number of phenolic OH excluding ortho intramolecular Hbond substituents is 1. The van der Waals surface area contributed by atoms with E-state index in [1.807, 2.05) is 14.1 Å². The summed E-state index contributed by atoms with van der Waals surface area (Å²) < 4.78 is 13.3. The van der Waals surface area contributed by atoms with E-state index in [2.05, 4.69) is 14.8 Å². The van der Waals surface area contributed by atoms with Crippen LogP contribution in [0.3, 0.4) is 0 Å². The van der Waals surface area contributed by atoms with Gasteiger partial charge in [0.1, 0.15) is 17.3 Å². The summed E-state index contributed by atoms with van der Waals surface area (Å²) in [6.07, 6.45) is 2.46. The second-order valence-corrected chi connectivity index (χ2v) is 6.81. The highest BCUT2D eigenvalue weighted by molar-refractivity contribution is 8.27. The van der Waals surface area contributed by atoms with E-state index >= 15 is 0 Å². The molecule has 122 valence electrons. The molecule has 0 unspecified atom stereocenters. The summed E-state index contributed by atoms with van der Waals surface area (Å²) in [6.45, 7) is 1.70. The van der Waals surface area contributed by atoms with Crippen LogP contribution < -0.4 is 0 Å². The molecule has 23 heavy (non-hydrogen) atoms. The Balaban J connectivity index is 1.82. The van der Waals surface area contributed by atoms with E-state index in [1.54, 1.807) is 0 Å². The minimum Gasteiger partial charge on any atom is -0.507 e. The van der Waals surface area contributed by atoms with Gasteiger partial charge in [0.15, 0.2) is 5.17 Å². The molecule has 0 amide bonds. The van der Waals surface area contributed by atoms with Crippen molar-refractivity contribution in [3.05, 3.63) is 35.3 Å². The lowest BCUT2D eigenvalue weighted by molar-refractivity contribution is -0.107. The quantitative estimate of drug-likeness (QED) is 0.839. The first-order valence-electron chi connectivity index (χ1n) is 7.36. The number of phenols is 1. The number of halogens is 1. The monoisotopic (exact) mass is 335 g/mol. The van der Waals surface area contributed by atoms with Crippen LogP contribution >= 0.6 is 11.8 Å². The van der Waals surface area contributed by atoms with Crippen LogP contribution in [0, 0.1) is 5.82 Å². The van der Waals surface area contributed by atoms with Crippen LogP contribution in [0.2, 0.25) is 0 Å². The largest absolute Gasteiger partial charge is 0.507 e. The summed E-state index contributed by atoms with van der Waals surface area (Å²) >= 11 is 1.09. The van der Waals surface area contributed by atoms with Gasteiger partial charge in [0.05, 0.1) is 0 Å². The van der Waals surface area contributed by atoms with Gasteiger partial charge >= 0.3 is 0 Å². The summed E-state index contributed by atoms with van der Waals surface area (Å²) in [5.41, 5.74) is 0.491. The number of amidine groups is 1. The first-order chi connectivity index (χ1) is 10.9. The predicted molar refractivity (Wildman–Crippen MR) is 89.7 cm³/mol. The van der Waals surface area contributed by atoms with Gasteiger partial charge in [-0.1, -0.05) is 0 Å². The number of carbonyl (C=O) groups is 1. The zero-order valence-electron chi connectivity index (χ0n) is 13.0. The molecule has 3 rings (SSSR count). The van der Waals surface area contributed by atoms with Crippen LogP contribution in [0.1, 0.15) is 12.0 Å². The topological polar surface area (TPSA) is 56.1 Å². The number of aliphatic imine (C=N–C) groups is 1. The van der Waals surface area contributed by atoms with Crippen molar-refractivity contribution in [2.75, 3.05) is 27.2 Å². The zero-order valence-corrected chi connectivity index (χ0v) is 13.8. The number of thioether (sulfide) groups is 1. The first kappa shape index (κ1) is 16.0. The van der Waals surface area contributed by atoms with Crippen molar-refractivity contribution in [2.45, 2.75) is 12.5 Å². The van der Waals surface area contributed by atoms with E-state index < -0.39 is 5.82 Å². The molecule has 0 bridgehead atoms. The highest BCUT2D eigenvalue weighted by Gasteiger charge is 2.32. The van der Waals surface area contributed by atoms with E-state index in [0.29, 0.717) is 11.2 Å². The highest BCUT2D eigenvalue weighted by Crippen LogP contribution is 2.31. The summed E-state index contributed by atoms with van der Waals surface area (Å²) in [5, 5.41) is 10.3. The molecule has 0 aliphatic carbocycles. The third-order valence-corrected chi connectivity index (χ3v) is 4.98. The fraction of sp³-hybridized carbons (Fsp3) is 0.375. The molecule has 2 aliphatic rings. The Morgan fingerprint density at radius 2 is 2.26 bits per heavy atom. The Labute approximate surface area is 138 Å². The maximum atomic E-state index is 13.3. The van der Waals surface area contributed by atoms with Gasteiger partial charge < -0.3 is 14.9 Å². The fourth-order valence-corrected chi connectivity index (χ4v) is 3.47. The molecule has 2 heterocycles. The van der Waals surface area contributed by atoms with Gasteiger partial charge in [-0.25, -0.2) is 9.38 Å². The Kier molecular flexibility index (Phi) is 4.41. The molecule has 1 atom stereocenters. The molecule has 0 aromatic heterocycles. The fourth-order valence-electron chi connectivity index (χ4n) is 2.66. The molecule has 0 radical (unpaired) electrons. The van der Waals surface area contributed by atoms with E-state index in [0.717, 1.165) is 31.3 Å². The molecule has 1 saturated heterocycles. The Morgan fingerprint density at radius 3 is 2.96 bits per heavy atom. The lowest BCUT2D eigenvalue weighted by Crippen LogP contribution is -2.33. The SMILES string of the molecule is CN(C)[C@@H]1CCN(C2=N/C(=C/c3cc(F)ccc3O)C(=O)S2)C1. The van der Waals surface area contributed by atoms with E-state index in [4.69, 9.17) is 0 Å². The van der Waals surface area contributed by atoms with Crippen LogP contribution in [0.15, 0.2) is 28.9 Å². The van der Waals surface area contributed by atoms with Crippen LogP contribution in [0.25, 0.3) is 6.08 Å². The van der Waals surface area contributed by atoms with Gasteiger partial charge in [-0.3, -0.25) is 4.79 Å². The summed E-state index contributed by atoms with van der Waals surface area (Å²) in [7, 11) is 4.09. The number of likely N-dealkylation sites (tertiary alicyclic amines) is 1. The normalized spacial score (nSPS) is 23.2. The number of hydrogen-bond acceptors (Lipinski definition) is 6. The molecule has 0 saturated carbocycles. The number of benzene rings is 1. The molecular weight excluding hydrogens is 317 g/mol. The van der Waals surface area contributed by atoms with Gasteiger partial charge in [-0.2, -0.15) is 0 Å². The molecular formula is C16H18FN3O2S. The Bertz CT molecular complexity index is 703. The molecule has 2 aliphatic heterocycles. The molecule has 1 fully saturated rings. The van der Waals surface area contributed by atoms with Crippen LogP contribution in [0.4, 0.5) is 4.39 Å². The van der Waals surface area contributed by atoms with Crippen molar-refractivity contribution in [1.82, 2.24) is 9.80 Å². The van der Waals surface area contributed by atoms with Gasteiger partial charge in [-0.15, -0.1) is 0 Å². The van der Waals surface area contributed by atoms with Gasteiger partial charge in [0.25, 0.3) is 0 Å². The van der Waals surface area contributed by atoms with Crippen molar-refractivity contribution in [3.63, 3.8) is 0 Å². The van der Waals surface area contributed by atoms with Crippen LogP contribution in [-0.2, 0) is 4.79 Å². The summed E-state index contributed by atoms with van der Waals surface area (Å²) in [4.78, 5) is 20.8. The number of likely N-dealkylation sites (N-methyl/N-ethyl adjacent to an activating group) is 1. The number of nitrogens with zero attached hydrogens (tertiary/aromatic N) is 3. The average Bonchev–Trinajstić information content (AvgIpc) is 3.10. The van der Waals surface area contributed by atoms with E-state index in [1.165, 1.54) is 24.3 Å². The van der Waals surface area contributed by atoms with Crippen molar-refractivity contribution in [2.24, 2.45) is 4.99 Å². The van der Waals surface area contributed by atoms with Crippen LogP contribution in [0.5, 0.6) is 5.75 Å². The number of hydrogen-bond donors (Lipinski definition) is 1. The lowest BCUT2D eigenvalue weighted by atomic mass is 10.1. The predicted octanol–water partition coefficient (Wildman–Crippen LogP) is 2.14. The van der Waals surface area contributed by atoms with Gasteiger partial charge in [0, 0.05) is 24.7 Å². The minimum atomic E-state index is -0.467. The van der Waals surface area contributed by atoms with Gasteiger partial charge in [-0.05, 0) is 56.6 Å². The van der Waals surface area contributed by atoms with Crippen molar-refractivity contribution in [1.29, 1.82) is 0 Å². The summed E-state index contributed by atoms with van der Waals surface area (Å²) in [6, 6.07) is 4.07. The molecule has 1 aromatic carbocycles. The molecule has 7 heteroatoms. The van der Waals surface area contributed by atoms with Crippen molar-refractivity contribution < 1.29 is 14.3 Å². The van der Waals surface area contributed by atoms with E-state index in [9.17, 15) is 14.3 Å². The molecule has 1 N–H and O–H groups in total. The smallest absolute Gasteiger partial charge is 0.245 e. The maximum Gasteiger partial charge on any atom is 0.245 e. The number of rotatable bonds is 2. The molecule has 1 aromatic rings. The Morgan fingerprint density at radius 1 is 1.48 bits per heavy atom.